The first-order valence-electron chi connectivity index (χ1n) is 2.23. The molecule has 0 unspecified atom stereocenters. The SMILES string of the molecule is ClCc1sc(Br)cc1Br. The Kier molecular flexibility index (Phi) is 3.02. The van der Waals surface area contributed by atoms with Gasteiger partial charge in [-0.3, -0.25) is 0 Å². The summed E-state index contributed by atoms with van der Waals surface area (Å²) >= 11 is 14.0. The number of thiophene rings is 1. The van der Waals surface area contributed by atoms with Gasteiger partial charge in [-0.25, -0.2) is 0 Å². The second kappa shape index (κ2) is 3.37. The number of alkyl halides is 1. The van der Waals surface area contributed by atoms with E-state index in [1.54, 1.807) is 11.3 Å². The van der Waals surface area contributed by atoms with Gasteiger partial charge in [0.1, 0.15) is 0 Å². The predicted octanol–water partition coefficient (Wildman–Crippen LogP) is 4.01. The van der Waals surface area contributed by atoms with Gasteiger partial charge in [0.05, 0.1) is 9.67 Å². The van der Waals surface area contributed by atoms with Crippen molar-refractivity contribution < 1.29 is 0 Å². The second-order valence-electron chi connectivity index (χ2n) is 1.46. The lowest BCUT2D eigenvalue weighted by atomic mass is 10.5. The molecule has 0 bridgehead atoms. The maximum atomic E-state index is 5.61. The van der Waals surface area contributed by atoms with Crippen LogP contribution in [0.3, 0.4) is 0 Å². The Morgan fingerprint density at radius 3 is 2.44 bits per heavy atom. The lowest BCUT2D eigenvalue weighted by Crippen LogP contribution is -1.64. The highest BCUT2D eigenvalue weighted by Gasteiger charge is 2.01. The van der Waals surface area contributed by atoms with Gasteiger partial charge in [0.2, 0.25) is 0 Å². The summed E-state index contributed by atoms with van der Waals surface area (Å²) in [5.74, 6) is 0.580. The first-order chi connectivity index (χ1) is 4.24. The molecule has 0 saturated heterocycles. The Balaban J connectivity index is 3.01. The number of hydrogen-bond donors (Lipinski definition) is 0. The van der Waals surface area contributed by atoms with E-state index in [-0.39, 0.29) is 0 Å². The Hall–Kier alpha value is 0.950. The smallest absolute Gasteiger partial charge is 0.0713 e. The molecule has 0 atom stereocenters. The molecule has 4 heteroatoms. The summed E-state index contributed by atoms with van der Waals surface area (Å²) in [6, 6.07) is 2.00. The molecular formula is C5H3Br2ClS. The van der Waals surface area contributed by atoms with E-state index in [1.807, 2.05) is 6.07 Å². The van der Waals surface area contributed by atoms with Crippen molar-refractivity contribution in [2.45, 2.75) is 5.88 Å². The first-order valence-corrected chi connectivity index (χ1v) is 5.17. The summed E-state index contributed by atoms with van der Waals surface area (Å²) < 4.78 is 2.21. The minimum atomic E-state index is 0.580. The predicted molar refractivity (Wildman–Crippen MR) is 49.3 cm³/mol. The van der Waals surface area contributed by atoms with E-state index in [2.05, 4.69) is 31.9 Å². The summed E-state index contributed by atoms with van der Waals surface area (Å²) in [6.45, 7) is 0. The summed E-state index contributed by atoms with van der Waals surface area (Å²) in [5, 5.41) is 0. The average molecular weight is 290 g/mol. The van der Waals surface area contributed by atoms with Crippen LogP contribution in [0, 0.1) is 0 Å². The minimum absolute atomic E-state index is 0.580. The van der Waals surface area contributed by atoms with Gasteiger partial charge in [-0.2, -0.15) is 0 Å². The van der Waals surface area contributed by atoms with E-state index >= 15 is 0 Å². The van der Waals surface area contributed by atoms with Crippen molar-refractivity contribution in [2.24, 2.45) is 0 Å². The molecule has 0 aliphatic carbocycles. The highest BCUT2D eigenvalue weighted by atomic mass is 79.9. The molecule has 0 fully saturated rings. The van der Waals surface area contributed by atoms with Gasteiger partial charge < -0.3 is 0 Å². The maximum absolute atomic E-state index is 5.61. The van der Waals surface area contributed by atoms with Crippen molar-refractivity contribution in [1.29, 1.82) is 0 Å². The van der Waals surface area contributed by atoms with Crippen molar-refractivity contribution in [3.05, 3.63) is 19.2 Å². The molecule has 0 amide bonds. The van der Waals surface area contributed by atoms with Crippen molar-refractivity contribution in [2.75, 3.05) is 0 Å². The summed E-state index contributed by atoms with van der Waals surface area (Å²) in [7, 11) is 0. The molecule has 0 aromatic carbocycles. The third-order valence-corrected chi connectivity index (χ3v) is 3.88. The fourth-order valence-corrected chi connectivity index (χ4v) is 3.45. The quantitative estimate of drug-likeness (QED) is 0.686. The van der Waals surface area contributed by atoms with E-state index in [4.69, 9.17) is 11.6 Å². The third-order valence-electron chi connectivity index (χ3n) is 0.849. The average Bonchev–Trinajstić information content (AvgIpc) is 2.10. The van der Waals surface area contributed by atoms with Crippen molar-refractivity contribution in [3.8, 4) is 0 Å². The van der Waals surface area contributed by atoms with Crippen molar-refractivity contribution in [1.82, 2.24) is 0 Å². The molecule has 1 heterocycles. The van der Waals surface area contributed by atoms with Crippen LogP contribution in [0.25, 0.3) is 0 Å². The second-order valence-corrected chi connectivity index (χ2v) is 5.09. The molecule has 0 saturated carbocycles. The van der Waals surface area contributed by atoms with E-state index in [0.29, 0.717) is 5.88 Å². The summed E-state index contributed by atoms with van der Waals surface area (Å²) in [5.41, 5.74) is 0. The fourth-order valence-electron chi connectivity index (χ4n) is 0.467. The number of hydrogen-bond acceptors (Lipinski definition) is 1. The Labute approximate surface area is 79.5 Å². The zero-order valence-electron chi connectivity index (χ0n) is 4.33. The monoisotopic (exact) mass is 288 g/mol. The minimum Gasteiger partial charge on any atom is -0.131 e. The lowest BCUT2D eigenvalue weighted by molar-refractivity contribution is 1.50. The van der Waals surface area contributed by atoms with Gasteiger partial charge in [0, 0.05) is 9.35 Å². The molecule has 50 valence electrons. The van der Waals surface area contributed by atoms with Gasteiger partial charge in [0.25, 0.3) is 0 Å². The summed E-state index contributed by atoms with van der Waals surface area (Å²) in [6.07, 6.45) is 0. The van der Waals surface area contributed by atoms with Crippen LogP contribution in [-0.4, -0.2) is 0 Å². The van der Waals surface area contributed by atoms with Gasteiger partial charge in [-0.05, 0) is 37.9 Å². The molecule has 0 aliphatic rings. The first kappa shape index (κ1) is 8.05. The molecule has 0 radical (unpaired) electrons. The van der Waals surface area contributed by atoms with Crippen LogP contribution in [0.5, 0.6) is 0 Å². The molecule has 0 nitrogen and oxygen atoms in total. The van der Waals surface area contributed by atoms with E-state index in [9.17, 15) is 0 Å². The van der Waals surface area contributed by atoms with Crippen LogP contribution in [0.2, 0.25) is 0 Å². The Morgan fingerprint density at radius 1 is 1.56 bits per heavy atom. The lowest BCUT2D eigenvalue weighted by Gasteiger charge is -1.84. The molecule has 1 aromatic rings. The van der Waals surface area contributed by atoms with Gasteiger partial charge in [-0.1, -0.05) is 0 Å². The van der Waals surface area contributed by atoms with Crippen LogP contribution >= 0.6 is 54.8 Å². The maximum Gasteiger partial charge on any atom is 0.0713 e. The fraction of sp³-hybridized carbons (Fsp3) is 0.200. The van der Waals surface area contributed by atoms with Crippen LogP contribution in [-0.2, 0) is 5.88 Å². The van der Waals surface area contributed by atoms with Gasteiger partial charge >= 0.3 is 0 Å². The largest absolute Gasteiger partial charge is 0.131 e. The van der Waals surface area contributed by atoms with Crippen molar-refractivity contribution in [3.63, 3.8) is 0 Å². The topological polar surface area (TPSA) is 0 Å². The van der Waals surface area contributed by atoms with Crippen LogP contribution in [0.1, 0.15) is 4.88 Å². The van der Waals surface area contributed by atoms with Gasteiger partial charge in [0.15, 0.2) is 0 Å². The highest BCUT2D eigenvalue weighted by Crippen LogP contribution is 2.31. The normalized spacial score (nSPS) is 10.1. The molecule has 0 N–H and O–H groups in total. The molecule has 9 heavy (non-hydrogen) atoms. The molecule has 0 spiro atoms. The van der Waals surface area contributed by atoms with Crippen LogP contribution in [0.15, 0.2) is 14.3 Å². The number of halogens is 3. The van der Waals surface area contributed by atoms with E-state index < -0.39 is 0 Å². The van der Waals surface area contributed by atoms with E-state index in [1.165, 1.54) is 4.88 Å². The third kappa shape index (κ3) is 1.93. The molecule has 0 aliphatic heterocycles. The van der Waals surface area contributed by atoms with E-state index in [0.717, 1.165) is 8.26 Å². The van der Waals surface area contributed by atoms with Gasteiger partial charge in [-0.15, -0.1) is 22.9 Å². The zero-order valence-corrected chi connectivity index (χ0v) is 9.07. The van der Waals surface area contributed by atoms with Crippen LogP contribution < -0.4 is 0 Å². The molecule has 1 aromatic heterocycles. The van der Waals surface area contributed by atoms with Crippen molar-refractivity contribution >= 4 is 54.8 Å². The standard InChI is InChI=1S/C5H3Br2ClS/c6-3-1-5(7)9-4(3)2-8/h1H,2H2. The number of rotatable bonds is 1. The molecule has 1 rings (SSSR count). The summed E-state index contributed by atoms with van der Waals surface area (Å²) in [4.78, 5) is 1.17. The Morgan fingerprint density at radius 2 is 2.22 bits per heavy atom. The highest BCUT2D eigenvalue weighted by molar-refractivity contribution is 9.11. The van der Waals surface area contributed by atoms with Crippen LogP contribution in [0.4, 0.5) is 0 Å². The zero-order chi connectivity index (χ0) is 6.85. The Bertz CT molecular complexity index is 209. The molecular weight excluding hydrogens is 287 g/mol.